The fraction of sp³-hybridized carbons (Fsp3) is 0.471. The molecular formula is C17H22ClN3. The van der Waals surface area contributed by atoms with Crippen molar-refractivity contribution in [3.63, 3.8) is 0 Å². The Hall–Kier alpha value is -1.16. The zero-order valence-electron chi connectivity index (χ0n) is 12.4. The number of benzene rings is 1. The number of piperidine rings is 1. The summed E-state index contributed by atoms with van der Waals surface area (Å²) in [6, 6.07) is 9.10. The number of hydrogen-bond donors (Lipinski definition) is 1. The van der Waals surface area contributed by atoms with Crippen LogP contribution in [-0.4, -0.2) is 28.5 Å². The van der Waals surface area contributed by atoms with Crippen molar-refractivity contribution in [2.24, 2.45) is 5.73 Å². The van der Waals surface area contributed by atoms with Crippen LogP contribution in [0.25, 0.3) is 10.9 Å². The van der Waals surface area contributed by atoms with Gasteiger partial charge in [-0.3, -0.25) is 9.88 Å². The molecule has 2 unspecified atom stereocenters. The lowest BCUT2D eigenvalue weighted by Crippen LogP contribution is -2.48. The molecule has 0 saturated carbocycles. The average molecular weight is 304 g/mol. The van der Waals surface area contributed by atoms with Gasteiger partial charge in [-0.25, -0.2) is 0 Å². The lowest BCUT2D eigenvalue weighted by atomic mass is 9.95. The fourth-order valence-corrected chi connectivity index (χ4v) is 3.61. The first-order valence-electron chi connectivity index (χ1n) is 7.68. The highest BCUT2D eigenvalue weighted by atomic mass is 35.5. The number of nitrogens with zero attached hydrogens (tertiary/aromatic N) is 2. The maximum atomic E-state index is 6.28. The van der Waals surface area contributed by atoms with Crippen LogP contribution in [0.5, 0.6) is 0 Å². The van der Waals surface area contributed by atoms with Gasteiger partial charge >= 0.3 is 0 Å². The molecule has 1 fully saturated rings. The van der Waals surface area contributed by atoms with Gasteiger partial charge in [-0.15, -0.1) is 0 Å². The molecule has 1 aliphatic rings. The summed E-state index contributed by atoms with van der Waals surface area (Å²) in [6.45, 7) is 3.92. The molecule has 2 N–H and O–H groups in total. The summed E-state index contributed by atoms with van der Waals surface area (Å²) >= 11 is 6.28. The van der Waals surface area contributed by atoms with Gasteiger partial charge in [-0.2, -0.15) is 0 Å². The Bertz CT molecular complexity index is 628. The predicted octanol–water partition coefficient (Wildman–Crippen LogP) is 3.59. The van der Waals surface area contributed by atoms with E-state index in [2.05, 4.69) is 22.9 Å². The van der Waals surface area contributed by atoms with Crippen molar-refractivity contribution in [2.45, 2.75) is 44.8 Å². The lowest BCUT2D eigenvalue weighted by molar-refractivity contribution is 0.0896. The van der Waals surface area contributed by atoms with Crippen LogP contribution in [0, 0.1) is 0 Å². The van der Waals surface area contributed by atoms with E-state index in [1.54, 1.807) is 0 Å². The Labute approximate surface area is 131 Å². The second kappa shape index (κ2) is 6.30. The zero-order chi connectivity index (χ0) is 14.8. The van der Waals surface area contributed by atoms with E-state index in [1.165, 1.54) is 24.8 Å². The molecule has 1 aliphatic heterocycles. The molecule has 2 atom stereocenters. The first kappa shape index (κ1) is 14.8. The van der Waals surface area contributed by atoms with E-state index >= 15 is 0 Å². The van der Waals surface area contributed by atoms with E-state index in [9.17, 15) is 0 Å². The van der Waals surface area contributed by atoms with Crippen molar-refractivity contribution in [1.82, 2.24) is 9.88 Å². The fourth-order valence-electron chi connectivity index (χ4n) is 3.40. The number of halogens is 1. The quantitative estimate of drug-likeness (QED) is 0.942. The van der Waals surface area contributed by atoms with E-state index in [1.807, 2.05) is 24.4 Å². The Morgan fingerprint density at radius 2 is 2.19 bits per heavy atom. The van der Waals surface area contributed by atoms with Crippen molar-refractivity contribution >= 4 is 22.5 Å². The monoisotopic (exact) mass is 303 g/mol. The predicted molar refractivity (Wildman–Crippen MR) is 88.5 cm³/mol. The summed E-state index contributed by atoms with van der Waals surface area (Å²) in [7, 11) is 0. The van der Waals surface area contributed by atoms with Gasteiger partial charge in [0.2, 0.25) is 0 Å². The van der Waals surface area contributed by atoms with Crippen molar-refractivity contribution in [3.05, 3.63) is 41.0 Å². The van der Waals surface area contributed by atoms with Crippen molar-refractivity contribution in [1.29, 1.82) is 0 Å². The van der Waals surface area contributed by atoms with Gasteiger partial charge in [0.15, 0.2) is 0 Å². The van der Waals surface area contributed by atoms with Gasteiger partial charge in [0.25, 0.3) is 0 Å². The van der Waals surface area contributed by atoms with E-state index in [0.29, 0.717) is 12.1 Å². The third-order valence-electron chi connectivity index (χ3n) is 4.62. The summed E-state index contributed by atoms with van der Waals surface area (Å²) < 4.78 is 0. The number of pyridine rings is 1. The number of nitrogens with two attached hydrogens (primary N) is 1. The summed E-state index contributed by atoms with van der Waals surface area (Å²) in [5.41, 5.74) is 8.22. The second-order valence-electron chi connectivity index (χ2n) is 5.95. The molecule has 0 bridgehead atoms. The highest BCUT2D eigenvalue weighted by molar-refractivity contribution is 6.35. The van der Waals surface area contributed by atoms with Crippen LogP contribution in [0.15, 0.2) is 30.5 Å². The molecule has 0 aliphatic carbocycles. The summed E-state index contributed by atoms with van der Waals surface area (Å²) in [5, 5.41) is 1.80. The molecule has 2 heterocycles. The van der Waals surface area contributed by atoms with E-state index in [0.717, 1.165) is 29.0 Å². The first-order valence-corrected chi connectivity index (χ1v) is 8.06. The third kappa shape index (κ3) is 2.91. The van der Waals surface area contributed by atoms with E-state index < -0.39 is 0 Å². The van der Waals surface area contributed by atoms with Crippen molar-refractivity contribution < 1.29 is 0 Å². The number of hydrogen-bond acceptors (Lipinski definition) is 3. The molecule has 0 amide bonds. The number of aromatic nitrogens is 1. The molecule has 2 aromatic rings. The molecular weight excluding hydrogens is 282 g/mol. The standard InChI is InChI=1S/C17H22ClN3/c1-12-4-2-5-14(10-19)21(12)11-13-7-8-16(18)15-6-3-9-20-17(13)15/h3,6-9,12,14H,2,4-5,10-11,19H2,1H3. The lowest BCUT2D eigenvalue weighted by Gasteiger charge is -2.40. The molecule has 0 spiro atoms. The van der Waals surface area contributed by atoms with Crippen LogP contribution in [0.2, 0.25) is 5.02 Å². The Kier molecular flexibility index (Phi) is 4.43. The molecule has 1 aromatic heterocycles. The van der Waals surface area contributed by atoms with Gasteiger partial charge in [-0.05, 0) is 43.5 Å². The van der Waals surface area contributed by atoms with Crippen LogP contribution in [0.4, 0.5) is 0 Å². The summed E-state index contributed by atoms with van der Waals surface area (Å²) in [6.07, 6.45) is 5.55. The molecule has 21 heavy (non-hydrogen) atoms. The molecule has 1 aromatic carbocycles. The molecule has 112 valence electrons. The normalized spacial score (nSPS) is 23.6. The summed E-state index contributed by atoms with van der Waals surface area (Å²) in [5.74, 6) is 0. The van der Waals surface area contributed by atoms with E-state index in [4.69, 9.17) is 17.3 Å². The minimum atomic E-state index is 0.475. The maximum Gasteiger partial charge on any atom is 0.0761 e. The summed E-state index contributed by atoms with van der Waals surface area (Å²) in [4.78, 5) is 7.07. The highest BCUT2D eigenvalue weighted by Gasteiger charge is 2.27. The topological polar surface area (TPSA) is 42.1 Å². The second-order valence-corrected chi connectivity index (χ2v) is 6.36. The van der Waals surface area contributed by atoms with Crippen LogP contribution in [0.1, 0.15) is 31.7 Å². The first-order chi connectivity index (χ1) is 10.2. The molecule has 3 rings (SSSR count). The number of likely N-dealkylation sites (tertiary alicyclic amines) is 1. The largest absolute Gasteiger partial charge is 0.329 e. The Balaban J connectivity index is 1.95. The van der Waals surface area contributed by atoms with Crippen LogP contribution in [-0.2, 0) is 6.54 Å². The van der Waals surface area contributed by atoms with Crippen molar-refractivity contribution in [2.75, 3.05) is 6.54 Å². The Morgan fingerprint density at radius 1 is 1.33 bits per heavy atom. The maximum absolute atomic E-state index is 6.28. The van der Waals surface area contributed by atoms with Gasteiger partial charge in [0, 0.05) is 41.8 Å². The smallest absolute Gasteiger partial charge is 0.0761 e. The highest BCUT2D eigenvalue weighted by Crippen LogP contribution is 2.29. The minimum Gasteiger partial charge on any atom is -0.329 e. The van der Waals surface area contributed by atoms with Gasteiger partial charge in [0.1, 0.15) is 0 Å². The minimum absolute atomic E-state index is 0.475. The van der Waals surface area contributed by atoms with Crippen LogP contribution < -0.4 is 5.73 Å². The van der Waals surface area contributed by atoms with Gasteiger partial charge < -0.3 is 5.73 Å². The molecule has 4 heteroatoms. The average Bonchev–Trinajstić information content (AvgIpc) is 2.52. The van der Waals surface area contributed by atoms with Crippen LogP contribution in [0.3, 0.4) is 0 Å². The van der Waals surface area contributed by atoms with E-state index in [-0.39, 0.29) is 0 Å². The molecule has 3 nitrogen and oxygen atoms in total. The SMILES string of the molecule is CC1CCCC(CN)N1Cc1ccc(Cl)c2cccnc12. The molecule has 0 radical (unpaired) electrons. The third-order valence-corrected chi connectivity index (χ3v) is 4.95. The van der Waals surface area contributed by atoms with Crippen LogP contribution >= 0.6 is 11.6 Å². The molecule has 1 saturated heterocycles. The Morgan fingerprint density at radius 3 is 3.00 bits per heavy atom. The number of rotatable bonds is 3. The van der Waals surface area contributed by atoms with Gasteiger partial charge in [-0.1, -0.05) is 24.1 Å². The van der Waals surface area contributed by atoms with Crippen molar-refractivity contribution in [3.8, 4) is 0 Å². The van der Waals surface area contributed by atoms with Gasteiger partial charge in [0.05, 0.1) is 5.52 Å². The zero-order valence-corrected chi connectivity index (χ0v) is 13.2. The number of fused-ring (bicyclic) bond motifs is 1.